The summed E-state index contributed by atoms with van der Waals surface area (Å²) < 4.78 is 5.11. The molecule has 0 aliphatic carbocycles. The number of aryl methyl sites for hydroxylation is 1. The number of rotatable bonds is 7. The lowest BCUT2D eigenvalue weighted by Gasteiger charge is -2.43. The molecule has 1 heterocycles. The minimum Gasteiger partial charge on any atom is -0.497 e. The van der Waals surface area contributed by atoms with Crippen LogP contribution in [0.5, 0.6) is 5.75 Å². The van der Waals surface area contributed by atoms with Crippen LogP contribution in [0.4, 0.5) is 4.79 Å². The summed E-state index contributed by atoms with van der Waals surface area (Å²) in [5.41, 5.74) is 1.85. The Hall–Kier alpha value is -3.35. The number of amides is 3. The minimum atomic E-state index is -1.17. The SMILES string of the molecule is COc1ccc(CC[C@H]2C(=O)N(C(=O)N[C@H](C)c3ccccc3)[C@@H]2C(=O)O)cc1. The van der Waals surface area contributed by atoms with Gasteiger partial charge in [-0.05, 0) is 43.0 Å². The molecule has 3 rings (SSSR count). The van der Waals surface area contributed by atoms with Gasteiger partial charge in [-0.3, -0.25) is 4.79 Å². The standard InChI is InChI=1S/C22H24N2O5/c1-14(16-6-4-3-5-7-16)23-22(28)24-19(21(26)27)18(20(24)25)13-10-15-8-11-17(29-2)12-9-15/h3-9,11-12,14,18-19H,10,13H2,1-2H3,(H,23,28)(H,26,27)/t14-,18-,19+/m1/s1. The zero-order valence-electron chi connectivity index (χ0n) is 16.4. The number of β-lactam (4-membered cyclic amide) rings is 1. The number of hydrogen-bond acceptors (Lipinski definition) is 4. The highest BCUT2D eigenvalue weighted by molar-refractivity contribution is 6.07. The van der Waals surface area contributed by atoms with Crippen molar-refractivity contribution in [2.45, 2.75) is 31.8 Å². The average Bonchev–Trinajstić information content (AvgIpc) is 2.72. The summed E-state index contributed by atoms with van der Waals surface area (Å²) in [6, 6.07) is 14.5. The maximum atomic E-state index is 12.5. The Balaban J connectivity index is 1.62. The molecule has 1 fully saturated rings. The summed E-state index contributed by atoms with van der Waals surface area (Å²) in [5.74, 6) is -1.62. The number of benzene rings is 2. The zero-order chi connectivity index (χ0) is 21.0. The van der Waals surface area contributed by atoms with Crippen LogP contribution in [0.25, 0.3) is 0 Å². The van der Waals surface area contributed by atoms with Gasteiger partial charge < -0.3 is 15.2 Å². The van der Waals surface area contributed by atoms with Crippen molar-refractivity contribution in [1.29, 1.82) is 0 Å². The Bertz CT molecular complexity index is 882. The minimum absolute atomic E-state index is 0.343. The van der Waals surface area contributed by atoms with E-state index in [-0.39, 0.29) is 6.04 Å². The third kappa shape index (κ3) is 4.39. The van der Waals surface area contributed by atoms with E-state index >= 15 is 0 Å². The van der Waals surface area contributed by atoms with Crippen molar-refractivity contribution in [3.8, 4) is 5.75 Å². The summed E-state index contributed by atoms with van der Waals surface area (Å²) in [6.07, 6.45) is 0.903. The van der Waals surface area contributed by atoms with Crippen molar-refractivity contribution in [3.05, 3.63) is 65.7 Å². The number of aliphatic carboxylic acids is 1. The van der Waals surface area contributed by atoms with Crippen molar-refractivity contribution in [2.75, 3.05) is 7.11 Å². The van der Waals surface area contributed by atoms with Crippen LogP contribution in [0, 0.1) is 5.92 Å². The number of ether oxygens (including phenoxy) is 1. The van der Waals surface area contributed by atoms with Crippen LogP contribution < -0.4 is 10.1 Å². The summed E-state index contributed by atoms with van der Waals surface area (Å²) in [7, 11) is 1.58. The van der Waals surface area contributed by atoms with Crippen molar-refractivity contribution < 1.29 is 24.2 Å². The van der Waals surface area contributed by atoms with Crippen LogP contribution >= 0.6 is 0 Å². The van der Waals surface area contributed by atoms with Crippen LogP contribution in [-0.4, -0.2) is 41.1 Å². The molecule has 2 aromatic rings. The average molecular weight is 396 g/mol. The van der Waals surface area contributed by atoms with E-state index in [9.17, 15) is 19.5 Å². The third-order valence-electron chi connectivity index (χ3n) is 5.23. The Labute approximate surface area is 169 Å². The number of methoxy groups -OCH3 is 1. The van der Waals surface area contributed by atoms with Gasteiger partial charge in [0, 0.05) is 0 Å². The fourth-order valence-corrected chi connectivity index (χ4v) is 3.53. The Kier molecular flexibility index (Phi) is 6.16. The molecule has 2 N–H and O–H groups in total. The molecule has 2 aromatic carbocycles. The lowest BCUT2D eigenvalue weighted by molar-refractivity contribution is -0.166. The van der Waals surface area contributed by atoms with E-state index in [1.54, 1.807) is 14.0 Å². The molecule has 1 aliphatic heterocycles. The molecule has 7 nitrogen and oxygen atoms in total. The van der Waals surface area contributed by atoms with Crippen LogP contribution in [0.2, 0.25) is 0 Å². The Morgan fingerprint density at radius 1 is 1.14 bits per heavy atom. The van der Waals surface area contributed by atoms with E-state index in [0.717, 1.165) is 21.8 Å². The summed E-state index contributed by atoms with van der Waals surface area (Å²) in [4.78, 5) is 37.6. The molecule has 3 atom stereocenters. The van der Waals surface area contributed by atoms with Crippen LogP contribution in [-0.2, 0) is 16.0 Å². The first kappa shape index (κ1) is 20.4. The van der Waals surface area contributed by atoms with Crippen LogP contribution in [0.15, 0.2) is 54.6 Å². The molecule has 0 saturated carbocycles. The predicted molar refractivity (Wildman–Crippen MR) is 106 cm³/mol. The number of imide groups is 1. The van der Waals surface area contributed by atoms with Gasteiger partial charge in [0.25, 0.3) is 0 Å². The monoisotopic (exact) mass is 396 g/mol. The van der Waals surface area contributed by atoms with Gasteiger partial charge in [-0.1, -0.05) is 42.5 Å². The van der Waals surface area contributed by atoms with Gasteiger partial charge in [0.15, 0.2) is 6.04 Å². The molecule has 0 bridgehead atoms. The fraction of sp³-hybridized carbons (Fsp3) is 0.318. The first-order valence-electron chi connectivity index (χ1n) is 9.46. The van der Waals surface area contributed by atoms with E-state index in [1.165, 1.54) is 0 Å². The topological polar surface area (TPSA) is 95.9 Å². The van der Waals surface area contributed by atoms with E-state index in [1.807, 2.05) is 54.6 Å². The van der Waals surface area contributed by atoms with Gasteiger partial charge in [0.1, 0.15) is 5.75 Å². The highest BCUT2D eigenvalue weighted by Gasteiger charge is 2.54. The molecular weight excluding hydrogens is 372 g/mol. The molecule has 29 heavy (non-hydrogen) atoms. The number of carboxylic acids is 1. The Morgan fingerprint density at radius 3 is 2.38 bits per heavy atom. The van der Waals surface area contributed by atoms with E-state index in [2.05, 4.69) is 5.32 Å². The first-order chi connectivity index (χ1) is 13.9. The Morgan fingerprint density at radius 2 is 1.79 bits per heavy atom. The largest absolute Gasteiger partial charge is 0.497 e. The van der Waals surface area contributed by atoms with Crippen LogP contribution in [0.3, 0.4) is 0 Å². The predicted octanol–water partition coefficient (Wildman–Crippen LogP) is 3.01. The first-order valence-corrected chi connectivity index (χ1v) is 9.46. The normalized spacial score (nSPS) is 19.2. The number of nitrogens with one attached hydrogen (secondary N) is 1. The molecule has 0 aromatic heterocycles. The molecule has 0 unspecified atom stereocenters. The summed E-state index contributed by atoms with van der Waals surface area (Å²) >= 11 is 0. The number of nitrogens with zero attached hydrogens (tertiary/aromatic N) is 1. The smallest absolute Gasteiger partial charge is 0.327 e. The van der Waals surface area contributed by atoms with Gasteiger partial charge in [-0.15, -0.1) is 0 Å². The van der Waals surface area contributed by atoms with Gasteiger partial charge >= 0.3 is 12.0 Å². The number of hydrogen-bond donors (Lipinski definition) is 2. The van der Waals surface area contributed by atoms with Crippen molar-refractivity contribution >= 4 is 17.9 Å². The van der Waals surface area contributed by atoms with Crippen molar-refractivity contribution in [1.82, 2.24) is 10.2 Å². The molecule has 0 spiro atoms. The maximum Gasteiger partial charge on any atom is 0.327 e. The van der Waals surface area contributed by atoms with Gasteiger partial charge in [0.2, 0.25) is 5.91 Å². The van der Waals surface area contributed by atoms with Crippen molar-refractivity contribution in [3.63, 3.8) is 0 Å². The number of carbonyl (C=O) groups excluding carboxylic acids is 2. The number of urea groups is 1. The quantitative estimate of drug-likeness (QED) is 0.702. The van der Waals surface area contributed by atoms with E-state index in [4.69, 9.17) is 4.74 Å². The molecule has 7 heteroatoms. The van der Waals surface area contributed by atoms with Crippen molar-refractivity contribution in [2.24, 2.45) is 5.92 Å². The zero-order valence-corrected chi connectivity index (χ0v) is 16.4. The number of likely N-dealkylation sites (tertiary alicyclic amines) is 1. The fourth-order valence-electron chi connectivity index (χ4n) is 3.53. The molecule has 3 amide bonds. The highest BCUT2D eigenvalue weighted by atomic mass is 16.5. The van der Waals surface area contributed by atoms with Crippen LogP contribution in [0.1, 0.15) is 30.5 Å². The van der Waals surface area contributed by atoms with E-state index in [0.29, 0.717) is 12.8 Å². The second-order valence-electron chi connectivity index (χ2n) is 7.07. The molecule has 0 radical (unpaired) electrons. The second kappa shape index (κ2) is 8.77. The number of carbonyl (C=O) groups is 3. The number of carboxylic acid groups (broad SMARTS) is 1. The van der Waals surface area contributed by atoms with Gasteiger partial charge in [-0.2, -0.15) is 0 Å². The summed E-state index contributed by atoms with van der Waals surface area (Å²) in [6.45, 7) is 1.79. The molecule has 1 saturated heterocycles. The molecular formula is C22H24N2O5. The second-order valence-corrected chi connectivity index (χ2v) is 7.07. The molecule has 152 valence electrons. The lowest BCUT2D eigenvalue weighted by Crippen LogP contribution is -2.68. The summed E-state index contributed by atoms with van der Waals surface area (Å²) in [5, 5.41) is 12.3. The van der Waals surface area contributed by atoms with E-state index < -0.39 is 29.9 Å². The molecule has 1 aliphatic rings. The van der Waals surface area contributed by atoms with Gasteiger partial charge in [-0.25, -0.2) is 14.5 Å². The third-order valence-corrected chi connectivity index (χ3v) is 5.23. The maximum absolute atomic E-state index is 12.5. The highest BCUT2D eigenvalue weighted by Crippen LogP contribution is 2.32. The lowest BCUT2D eigenvalue weighted by atomic mass is 9.83. The van der Waals surface area contributed by atoms with Gasteiger partial charge in [0.05, 0.1) is 19.1 Å².